The molecule has 24 nitrogen and oxygen atoms in total. The summed E-state index contributed by atoms with van der Waals surface area (Å²) in [7, 11) is 0. The first-order chi connectivity index (χ1) is 51.5. The molecule has 9 rings (SSSR count). The number of nitrogens with one attached hydrogen (secondary N) is 8. The second-order valence-corrected chi connectivity index (χ2v) is 46.3. The fourth-order valence-corrected chi connectivity index (χ4v) is 23.3. The molecule has 8 saturated heterocycles. The predicted molar refractivity (Wildman–Crippen MR) is 441 cm³/mol. The molecule has 6 unspecified atom stereocenters. The van der Waals surface area contributed by atoms with E-state index in [1.807, 2.05) is 152 Å². The predicted octanol–water partition coefficient (Wildman–Crippen LogP) is 13.7. The number of carbonyl (C=O) groups excluding carboxylic acids is 8. The van der Waals surface area contributed by atoms with Gasteiger partial charge in [0.15, 0.2) is 0 Å². The van der Waals surface area contributed by atoms with Crippen molar-refractivity contribution in [2.75, 3.05) is 0 Å². The van der Waals surface area contributed by atoms with Crippen molar-refractivity contribution in [1.29, 1.82) is 0 Å². The van der Waals surface area contributed by atoms with E-state index in [0.717, 1.165) is 0 Å². The van der Waals surface area contributed by atoms with E-state index in [1.54, 1.807) is 0 Å². The van der Waals surface area contributed by atoms with E-state index in [4.69, 9.17) is 37.9 Å². The lowest BCUT2D eigenvalue weighted by atomic mass is 9.72. The lowest BCUT2D eigenvalue weighted by Gasteiger charge is -2.51. The van der Waals surface area contributed by atoms with E-state index in [0.29, 0.717) is 116 Å². The molecule has 646 valence electrons. The van der Waals surface area contributed by atoms with Crippen molar-refractivity contribution in [2.24, 2.45) is 11.8 Å². The van der Waals surface area contributed by atoms with Crippen LogP contribution in [0, 0.1) is 11.8 Å². The average molecular weight is 1600 g/mol. The fraction of sp³-hybridized carbons (Fsp3) is 0.844. The van der Waals surface area contributed by atoms with Crippen molar-refractivity contribution >= 4 is 47.8 Å². The zero-order chi connectivity index (χ0) is 85.6. The Morgan fingerprint density at radius 1 is 0.246 bits per heavy atom. The molecule has 0 spiro atoms. The molecule has 6 atom stereocenters. The van der Waals surface area contributed by atoms with Gasteiger partial charge in [-0.2, -0.15) is 0 Å². The van der Waals surface area contributed by atoms with Gasteiger partial charge in [-0.1, -0.05) is 0 Å². The summed E-state index contributed by atoms with van der Waals surface area (Å²) in [6.45, 7) is 61.5. The number of ether oxygens (including phenoxy) is 8. The average Bonchev–Trinajstić information content (AvgIpc) is 0.767. The third-order valence-corrected chi connectivity index (χ3v) is 24.4. The van der Waals surface area contributed by atoms with Crippen molar-refractivity contribution in [3.63, 3.8) is 0 Å². The third kappa shape index (κ3) is 26.1. The lowest BCUT2D eigenvalue weighted by molar-refractivity contribution is -0.178. The molecule has 1 aromatic carbocycles. The normalized spacial score (nSPS) is 29.8. The molecule has 8 aliphatic rings. The van der Waals surface area contributed by atoms with Gasteiger partial charge in [0.25, 0.3) is 0 Å². The van der Waals surface area contributed by atoms with Crippen LogP contribution in [0.3, 0.4) is 0 Å². The van der Waals surface area contributed by atoms with Crippen molar-refractivity contribution in [3.8, 4) is 0 Å². The highest BCUT2D eigenvalue weighted by Gasteiger charge is 2.53. The summed E-state index contributed by atoms with van der Waals surface area (Å²) < 4.78 is 51.8. The summed E-state index contributed by atoms with van der Waals surface area (Å²) in [5.41, 5.74) is -8.59. The van der Waals surface area contributed by atoms with Gasteiger partial charge < -0.3 is 80.4 Å². The van der Waals surface area contributed by atoms with Crippen LogP contribution in [-0.4, -0.2) is 185 Å². The maximum atomic E-state index is 15.6. The first-order valence-corrected chi connectivity index (χ1v) is 42.6. The second kappa shape index (κ2) is 32.3. The van der Waals surface area contributed by atoms with Crippen LogP contribution in [0.5, 0.6) is 0 Å². The molecule has 0 bridgehead atoms. The lowest BCUT2D eigenvalue weighted by Crippen LogP contribution is -2.64. The van der Waals surface area contributed by atoms with E-state index >= 15 is 33.6 Å². The van der Waals surface area contributed by atoms with Gasteiger partial charge in [0, 0.05) is 191 Å². The summed E-state index contributed by atoms with van der Waals surface area (Å²) in [5.74, 6) is -9.41. The minimum Gasteiger partial charge on any atom is -0.462 e. The van der Waals surface area contributed by atoms with Gasteiger partial charge >= 0.3 is 47.8 Å². The molecule has 8 aliphatic heterocycles. The van der Waals surface area contributed by atoms with Crippen molar-refractivity contribution in [1.82, 2.24) is 42.5 Å². The minimum absolute atomic E-state index is 0.232. The Morgan fingerprint density at radius 2 is 0.404 bits per heavy atom. The van der Waals surface area contributed by atoms with Gasteiger partial charge in [0.05, 0.1) is 46.9 Å². The summed E-state index contributed by atoms with van der Waals surface area (Å²) in [6, 6.07) is 2.54. The number of hydrogen-bond acceptors (Lipinski definition) is 24. The van der Waals surface area contributed by atoms with Gasteiger partial charge in [0.2, 0.25) is 0 Å². The number of esters is 8. The van der Waals surface area contributed by atoms with E-state index in [-0.39, 0.29) is 33.3 Å². The Kier molecular flexibility index (Phi) is 26.2. The van der Waals surface area contributed by atoms with Gasteiger partial charge in [-0.25, -0.2) is 19.2 Å². The summed E-state index contributed by atoms with van der Waals surface area (Å²) in [6.07, 6.45) is 2.16. The van der Waals surface area contributed by atoms with Crippen molar-refractivity contribution < 1.29 is 76.3 Å². The summed E-state index contributed by atoms with van der Waals surface area (Å²) >= 11 is 0. The maximum absolute atomic E-state index is 15.6. The standard InChI is InChI=1S/C90H150N8O16/c1-75(2)37-53(38-76(3,4)91-75)107-67(99)35-65(73(105)112-57-45-83(17,18)95-84(19,20)46-57)66(74(106)113-58-47-85(21,22)96-86(23,24)48-58)36-68(100)108-59-49-87(25,26)97-89(29,51-59)31-32-90(30)52-60(50-88(27,28)98-90)114-72(104)64-34-62(70(102)110-55-41-79(9,10)93-80(11,12)42-55)61(69(101)109-54-39-77(5,6)92-78(7,8)40-54)33-63(64)71(103)111-56-43-81(13,14)94-82(15,16)44-56/h33-34,53-60,65-66,91-98H,31-32,35-52H2,1-30H3. The van der Waals surface area contributed by atoms with Crippen LogP contribution in [0.4, 0.5) is 0 Å². The van der Waals surface area contributed by atoms with Crippen LogP contribution in [0.25, 0.3) is 0 Å². The largest absolute Gasteiger partial charge is 0.462 e. The Labute approximate surface area is 683 Å². The highest BCUT2D eigenvalue weighted by atomic mass is 16.6. The van der Waals surface area contributed by atoms with Crippen LogP contribution in [0.1, 0.15) is 378 Å². The molecular formula is C90H150N8O16. The smallest absolute Gasteiger partial charge is 0.339 e. The van der Waals surface area contributed by atoms with Crippen LogP contribution in [0.15, 0.2) is 12.1 Å². The van der Waals surface area contributed by atoms with Gasteiger partial charge in [0.1, 0.15) is 48.8 Å². The van der Waals surface area contributed by atoms with Crippen molar-refractivity contribution in [2.45, 2.75) is 474 Å². The van der Waals surface area contributed by atoms with E-state index in [1.165, 1.54) is 12.1 Å². The highest BCUT2D eigenvalue weighted by molar-refractivity contribution is 6.10. The molecule has 0 aliphatic carbocycles. The third-order valence-electron chi connectivity index (χ3n) is 24.4. The fourth-order valence-electron chi connectivity index (χ4n) is 23.3. The molecule has 0 amide bonds. The summed E-state index contributed by atoms with van der Waals surface area (Å²) in [4.78, 5) is 122. The topological polar surface area (TPSA) is 307 Å². The number of rotatable bonds is 22. The zero-order valence-corrected chi connectivity index (χ0v) is 75.6. The maximum Gasteiger partial charge on any atom is 0.339 e. The highest BCUT2D eigenvalue weighted by Crippen LogP contribution is 2.44. The molecule has 114 heavy (non-hydrogen) atoms. The second-order valence-electron chi connectivity index (χ2n) is 46.3. The van der Waals surface area contributed by atoms with E-state index in [9.17, 15) is 4.79 Å². The monoisotopic (exact) mass is 1600 g/mol. The Morgan fingerprint density at radius 3 is 0.605 bits per heavy atom. The Bertz CT molecular complexity index is 3660. The molecule has 8 heterocycles. The van der Waals surface area contributed by atoms with Crippen LogP contribution in [0.2, 0.25) is 0 Å². The molecule has 0 radical (unpaired) electrons. The number of piperidine rings is 8. The SMILES string of the molecule is CC1(C)CC(OC(=O)CC(C(=O)OC2CC(C)(C)NC(C)(C)C2)C(CC(=O)OC2CC(C)(C)NC(C)(CCC3(C)CC(OC(=O)c4cc(C(=O)OC5CC(C)(C)NC(C)(C)C5)c(C(=O)OC5CC(C)(C)NC(C)(C)C5)cc4C(=O)OC4CC(C)(C)NC(C)(C)C4)CC(C)(C)N3)C2)C(=O)OC2CC(C)(C)NC(C)(C)C2)CC(C)(C)N1. The molecule has 24 heteroatoms. The number of carbonyl (C=O) groups is 8. The number of benzene rings is 1. The van der Waals surface area contributed by atoms with Crippen LogP contribution in [-0.2, 0) is 57.1 Å². The Balaban J connectivity index is 0.991. The van der Waals surface area contributed by atoms with Gasteiger partial charge in [-0.05, 0) is 233 Å². The summed E-state index contributed by atoms with van der Waals surface area (Å²) in [5, 5.41) is 29.7. The van der Waals surface area contributed by atoms with E-state index < -0.39 is 199 Å². The molecule has 0 aromatic heterocycles. The van der Waals surface area contributed by atoms with Crippen LogP contribution >= 0.6 is 0 Å². The van der Waals surface area contributed by atoms with E-state index in [2.05, 4.69) is 97.9 Å². The minimum atomic E-state index is -1.50. The number of hydrogen-bond donors (Lipinski definition) is 8. The van der Waals surface area contributed by atoms with Crippen LogP contribution < -0.4 is 42.5 Å². The van der Waals surface area contributed by atoms with Gasteiger partial charge in [-0.3, -0.25) is 19.2 Å². The Hall–Kier alpha value is -5.34. The molecule has 0 saturated carbocycles. The first kappa shape index (κ1) is 92.5. The molecule has 8 fully saturated rings. The van der Waals surface area contributed by atoms with Crippen molar-refractivity contribution in [3.05, 3.63) is 34.4 Å². The first-order valence-electron chi connectivity index (χ1n) is 42.6. The zero-order valence-electron chi connectivity index (χ0n) is 75.6. The molecule has 1 aromatic rings. The molecule has 8 N–H and O–H groups in total. The molecular weight excluding hydrogens is 1450 g/mol. The quantitative estimate of drug-likeness (QED) is 0.0395. The van der Waals surface area contributed by atoms with Gasteiger partial charge in [-0.15, -0.1) is 0 Å².